The highest BCUT2D eigenvalue weighted by atomic mass is 16.2. The Bertz CT molecular complexity index is 738. The van der Waals surface area contributed by atoms with E-state index in [1.807, 2.05) is 11.0 Å². The van der Waals surface area contributed by atoms with Crippen LogP contribution in [0.1, 0.15) is 42.7 Å². The number of benzene rings is 1. The number of carbonyl (C=O) groups excluding carboxylic acids is 1. The molecular formula is C22H31N5O. The molecule has 1 fully saturated rings. The minimum Gasteiger partial charge on any atom is -0.341 e. The van der Waals surface area contributed by atoms with Crippen LogP contribution in [-0.2, 0) is 6.54 Å². The monoisotopic (exact) mass is 381 g/mol. The Labute approximate surface area is 168 Å². The largest absolute Gasteiger partial charge is 0.341 e. The molecule has 0 spiro atoms. The average molecular weight is 382 g/mol. The molecule has 0 radical (unpaired) electrons. The van der Waals surface area contributed by atoms with Crippen LogP contribution in [0.25, 0.3) is 0 Å². The summed E-state index contributed by atoms with van der Waals surface area (Å²) in [5.74, 6) is 0.674. The van der Waals surface area contributed by atoms with Crippen LogP contribution >= 0.6 is 0 Å². The number of carbonyl (C=O) groups is 1. The van der Waals surface area contributed by atoms with Crippen LogP contribution in [-0.4, -0.2) is 64.9 Å². The Morgan fingerprint density at radius 1 is 1.00 bits per heavy atom. The summed E-state index contributed by atoms with van der Waals surface area (Å²) in [5.41, 5.74) is 1.81. The summed E-state index contributed by atoms with van der Waals surface area (Å²) in [6.07, 6.45) is 3.77. The maximum atomic E-state index is 13.0. The Morgan fingerprint density at radius 2 is 1.68 bits per heavy atom. The topological polar surface area (TPSA) is 52.6 Å². The Morgan fingerprint density at radius 3 is 2.32 bits per heavy atom. The molecule has 1 aliphatic heterocycles. The van der Waals surface area contributed by atoms with Gasteiger partial charge < -0.3 is 9.80 Å². The maximum absolute atomic E-state index is 13.0. The highest BCUT2D eigenvalue weighted by molar-refractivity contribution is 5.92. The van der Waals surface area contributed by atoms with Gasteiger partial charge in [-0.1, -0.05) is 44.2 Å². The number of piperazine rings is 1. The molecule has 28 heavy (non-hydrogen) atoms. The third-order valence-electron chi connectivity index (χ3n) is 5.04. The van der Waals surface area contributed by atoms with Gasteiger partial charge in [-0.15, -0.1) is 0 Å². The number of rotatable bonds is 8. The van der Waals surface area contributed by atoms with Crippen molar-refractivity contribution >= 4 is 11.9 Å². The van der Waals surface area contributed by atoms with Crippen LogP contribution in [0.5, 0.6) is 0 Å². The first-order chi connectivity index (χ1) is 13.7. The zero-order chi connectivity index (χ0) is 19.8. The maximum Gasteiger partial charge on any atom is 0.272 e. The van der Waals surface area contributed by atoms with E-state index in [1.54, 1.807) is 12.3 Å². The molecule has 6 nitrogen and oxygen atoms in total. The molecule has 0 N–H and O–H groups in total. The molecule has 1 aliphatic rings. The number of amides is 1. The van der Waals surface area contributed by atoms with Gasteiger partial charge in [0.05, 0.1) is 0 Å². The minimum absolute atomic E-state index is 0.0101. The molecule has 1 aromatic heterocycles. The fourth-order valence-corrected chi connectivity index (χ4v) is 3.58. The zero-order valence-corrected chi connectivity index (χ0v) is 17.0. The molecule has 0 unspecified atom stereocenters. The summed E-state index contributed by atoms with van der Waals surface area (Å²) >= 11 is 0. The zero-order valence-electron chi connectivity index (χ0n) is 17.0. The summed E-state index contributed by atoms with van der Waals surface area (Å²) in [7, 11) is 0. The van der Waals surface area contributed by atoms with Crippen LogP contribution in [0.3, 0.4) is 0 Å². The van der Waals surface area contributed by atoms with Gasteiger partial charge in [0.25, 0.3) is 5.91 Å². The quantitative estimate of drug-likeness (QED) is 0.703. The van der Waals surface area contributed by atoms with E-state index in [2.05, 4.69) is 57.9 Å². The SMILES string of the molecule is CCCN(CCC)c1nccc(C(=O)N2CCN(Cc3ccccc3)CC2)n1. The predicted octanol–water partition coefficient (Wildman–Crippen LogP) is 3.06. The van der Waals surface area contributed by atoms with E-state index in [4.69, 9.17) is 0 Å². The third kappa shape index (κ3) is 5.29. The van der Waals surface area contributed by atoms with Crippen molar-refractivity contribution in [3.8, 4) is 0 Å². The van der Waals surface area contributed by atoms with Crippen molar-refractivity contribution in [2.45, 2.75) is 33.2 Å². The molecule has 0 bridgehead atoms. The average Bonchev–Trinajstić information content (AvgIpc) is 2.74. The van der Waals surface area contributed by atoms with Crippen molar-refractivity contribution in [3.63, 3.8) is 0 Å². The van der Waals surface area contributed by atoms with E-state index in [0.29, 0.717) is 11.6 Å². The fraction of sp³-hybridized carbons (Fsp3) is 0.500. The fourth-order valence-electron chi connectivity index (χ4n) is 3.58. The first-order valence-corrected chi connectivity index (χ1v) is 10.3. The van der Waals surface area contributed by atoms with Crippen molar-refractivity contribution in [2.24, 2.45) is 0 Å². The number of aromatic nitrogens is 2. The van der Waals surface area contributed by atoms with Gasteiger partial charge in [-0.2, -0.15) is 0 Å². The molecular weight excluding hydrogens is 350 g/mol. The Kier molecular flexibility index (Phi) is 7.37. The van der Waals surface area contributed by atoms with Crippen LogP contribution in [0.4, 0.5) is 5.95 Å². The van der Waals surface area contributed by atoms with Gasteiger partial charge in [-0.05, 0) is 24.5 Å². The first-order valence-electron chi connectivity index (χ1n) is 10.3. The van der Waals surface area contributed by atoms with Gasteiger partial charge in [-0.25, -0.2) is 9.97 Å². The summed E-state index contributed by atoms with van der Waals surface area (Å²) in [6, 6.07) is 12.2. The number of anilines is 1. The summed E-state index contributed by atoms with van der Waals surface area (Å²) < 4.78 is 0. The molecule has 3 rings (SSSR count). The van der Waals surface area contributed by atoms with E-state index in [0.717, 1.165) is 58.7 Å². The lowest BCUT2D eigenvalue weighted by molar-refractivity contribution is 0.0622. The molecule has 2 aromatic rings. The Balaban J connectivity index is 1.59. The van der Waals surface area contributed by atoms with Crippen molar-refractivity contribution in [1.29, 1.82) is 0 Å². The highest BCUT2D eigenvalue weighted by Gasteiger charge is 2.23. The third-order valence-corrected chi connectivity index (χ3v) is 5.04. The molecule has 6 heteroatoms. The number of hydrogen-bond donors (Lipinski definition) is 0. The van der Waals surface area contributed by atoms with Crippen molar-refractivity contribution in [1.82, 2.24) is 19.8 Å². The lowest BCUT2D eigenvalue weighted by Crippen LogP contribution is -2.48. The lowest BCUT2D eigenvalue weighted by Gasteiger charge is -2.34. The summed E-state index contributed by atoms with van der Waals surface area (Å²) in [4.78, 5) is 28.4. The van der Waals surface area contributed by atoms with Gasteiger partial charge in [0.1, 0.15) is 5.69 Å². The number of hydrogen-bond acceptors (Lipinski definition) is 5. The van der Waals surface area contributed by atoms with Gasteiger partial charge in [0.15, 0.2) is 0 Å². The second kappa shape index (κ2) is 10.2. The molecule has 0 saturated carbocycles. The van der Waals surface area contributed by atoms with Gasteiger partial charge in [-0.3, -0.25) is 9.69 Å². The van der Waals surface area contributed by atoms with E-state index < -0.39 is 0 Å². The van der Waals surface area contributed by atoms with Crippen molar-refractivity contribution in [2.75, 3.05) is 44.2 Å². The van der Waals surface area contributed by atoms with Crippen molar-refractivity contribution < 1.29 is 4.79 Å². The highest BCUT2D eigenvalue weighted by Crippen LogP contribution is 2.13. The van der Waals surface area contributed by atoms with Crippen LogP contribution in [0.2, 0.25) is 0 Å². The number of nitrogens with zero attached hydrogens (tertiary/aromatic N) is 5. The van der Waals surface area contributed by atoms with Crippen LogP contribution in [0.15, 0.2) is 42.6 Å². The molecule has 1 amide bonds. The van der Waals surface area contributed by atoms with Gasteiger partial charge >= 0.3 is 0 Å². The smallest absolute Gasteiger partial charge is 0.272 e. The molecule has 0 aliphatic carbocycles. The summed E-state index contributed by atoms with van der Waals surface area (Å²) in [5, 5.41) is 0. The van der Waals surface area contributed by atoms with E-state index >= 15 is 0 Å². The van der Waals surface area contributed by atoms with Crippen LogP contribution < -0.4 is 4.90 Å². The Hall–Kier alpha value is -2.47. The molecule has 1 saturated heterocycles. The lowest BCUT2D eigenvalue weighted by atomic mass is 10.2. The molecule has 150 valence electrons. The van der Waals surface area contributed by atoms with Crippen LogP contribution in [0, 0.1) is 0 Å². The molecule has 1 aromatic carbocycles. The van der Waals surface area contributed by atoms with E-state index in [1.165, 1.54) is 5.56 Å². The standard InChI is InChI=1S/C22H31N5O/c1-3-12-27(13-4-2)22-23-11-10-20(24-22)21(28)26-16-14-25(15-17-26)18-19-8-6-5-7-9-19/h5-11H,3-4,12-18H2,1-2H3. The second-order valence-corrected chi connectivity index (χ2v) is 7.28. The van der Waals surface area contributed by atoms with Gasteiger partial charge in [0.2, 0.25) is 5.95 Å². The van der Waals surface area contributed by atoms with E-state index in [9.17, 15) is 4.79 Å². The van der Waals surface area contributed by atoms with E-state index in [-0.39, 0.29) is 5.91 Å². The van der Waals surface area contributed by atoms with Gasteiger partial charge in [0, 0.05) is 52.0 Å². The first kappa shape index (κ1) is 20.3. The molecule has 2 heterocycles. The summed E-state index contributed by atoms with van der Waals surface area (Å²) in [6.45, 7) is 10.3. The second-order valence-electron chi connectivity index (χ2n) is 7.28. The normalized spacial score (nSPS) is 14.9. The van der Waals surface area contributed by atoms with Crippen molar-refractivity contribution in [3.05, 3.63) is 53.9 Å². The predicted molar refractivity (Wildman–Crippen MR) is 112 cm³/mol. The molecule has 0 atom stereocenters. The minimum atomic E-state index is 0.0101.